The summed E-state index contributed by atoms with van der Waals surface area (Å²) in [7, 11) is 0. The summed E-state index contributed by atoms with van der Waals surface area (Å²) in [6.45, 7) is 14.9. The monoisotopic (exact) mass is 2090 g/mol. The molecule has 3 heterocycles. The molecular weight excluding hydrogens is 2010 g/mol. The SMILES string of the molecule is CC1(C(F)(F)F)C(=O)N(c2ccc(Cl)cc2)C(=O)N1c1ccc(Cl)cc1.CC1C(=O)N(c2ccc(Cl)cc2)C(=O)N1c1ccc(Cl)cc1.CCOC(=O)C(C)Br.CCOC(=O)C(C)Nc1ccc(Cl)cc1.Cc1cccc(Br)c1.Cc1cccc(C2(O)N(c3ccc(Cl)cc3)C(=O)N(c3ccc(Cl)cc3)C2(C)C(F)(F)F)c1.Nc1ccc(Cl)cc1.O=C=Nc1ccc(Cl)cc1. The van der Waals surface area contributed by atoms with Crippen LogP contribution in [0.1, 0.15) is 65.2 Å². The van der Waals surface area contributed by atoms with E-state index in [9.17, 15) is 69.8 Å². The Labute approximate surface area is 808 Å². The van der Waals surface area contributed by atoms with Crippen molar-refractivity contribution in [2.75, 3.05) is 53.7 Å². The van der Waals surface area contributed by atoms with E-state index in [2.05, 4.69) is 66.0 Å². The van der Waals surface area contributed by atoms with Crippen molar-refractivity contribution in [2.45, 2.75) is 108 Å². The highest BCUT2D eigenvalue weighted by Gasteiger charge is 2.77. The van der Waals surface area contributed by atoms with Gasteiger partial charge in [-0.15, -0.1) is 0 Å². The van der Waals surface area contributed by atoms with Crippen molar-refractivity contribution in [3.63, 3.8) is 0 Å². The number of halogens is 17. The Bertz CT molecular complexity index is 5700. The minimum Gasteiger partial charge on any atom is -0.465 e. The molecule has 8 amide bonds. The van der Waals surface area contributed by atoms with Crippen LogP contribution in [-0.4, -0.2) is 107 Å². The second-order valence-electron chi connectivity index (χ2n) is 28.3. The molecular formula is C93H82Br2Cl9F6N9O11. The van der Waals surface area contributed by atoms with Gasteiger partial charge < -0.3 is 25.6 Å². The van der Waals surface area contributed by atoms with Crippen LogP contribution in [0.25, 0.3) is 0 Å². The van der Waals surface area contributed by atoms with Crippen LogP contribution in [0.2, 0.25) is 45.2 Å². The van der Waals surface area contributed by atoms with E-state index in [1.165, 1.54) is 132 Å². The number of nitrogens with one attached hydrogen (secondary N) is 1. The summed E-state index contributed by atoms with van der Waals surface area (Å²) in [4.78, 5) is 104. The molecule has 11 aromatic carbocycles. The lowest BCUT2D eigenvalue weighted by Gasteiger charge is -2.45. The highest BCUT2D eigenvalue weighted by Crippen LogP contribution is 2.58. The van der Waals surface area contributed by atoms with Crippen molar-refractivity contribution >= 4 is 235 Å². The number of aliphatic hydroxyl groups is 1. The fourth-order valence-electron chi connectivity index (χ4n) is 12.4. The molecule has 3 aliphatic heterocycles. The molecule has 0 saturated carbocycles. The zero-order valence-electron chi connectivity index (χ0n) is 70.2. The van der Waals surface area contributed by atoms with Crippen LogP contribution in [0.3, 0.4) is 0 Å². The number of amides is 8. The Morgan fingerprint density at radius 1 is 0.492 bits per heavy atom. The van der Waals surface area contributed by atoms with Crippen molar-refractivity contribution in [1.82, 2.24) is 0 Å². The van der Waals surface area contributed by atoms with Crippen LogP contribution in [0.5, 0.6) is 0 Å². The number of benzene rings is 11. The molecule has 6 unspecified atom stereocenters. The molecule has 0 radical (unpaired) electrons. The first kappa shape index (κ1) is 107. The number of carbonyl (C=O) groups excluding carboxylic acids is 8. The normalized spacial score (nSPS) is 17.1. The number of alkyl halides is 7. The molecule has 20 nitrogen and oxygen atoms in total. The number of nitrogen functional groups attached to an aromatic ring is 1. The maximum absolute atomic E-state index is 14.9. The molecule has 11 aromatic rings. The van der Waals surface area contributed by atoms with Crippen LogP contribution in [-0.2, 0) is 39.2 Å². The average molecular weight is 2090 g/mol. The van der Waals surface area contributed by atoms with E-state index in [-0.39, 0.29) is 68.1 Å². The number of carbonyl (C=O) groups is 7. The van der Waals surface area contributed by atoms with Gasteiger partial charge in [-0.05, 0) is 293 Å². The average Bonchev–Trinajstić information content (AvgIpc) is 1.51. The first-order chi connectivity index (χ1) is 61.2. The molecule has 3 fully saturated rings. The van der Waals surface area contributed by atoms with Gasteiger partial charge >= 0.3 is 42.4 Å². The number of hydrogen-bond acceptors (Lipinski definition) is 14. The van der Waals surface area contributed by atoms with Crippen molar-refractivity contribution in [3.8, 4) is 0 Å². The van der Waals surface area contributed by atoms with Crippen molar-refractivity contribution in [3.05, 3.63) is 333 Å². The van der Waals surface area contributed by atoms with Gasteiger partial charge in [-0.25, -0.2) is 33.8 Å². The maximum atomic E-state index is 14.9. The van der Waals surface area contributed by atoms with Gasteiger partial charge in [0.15, 0.2) is 5.54 Å². The molecule has 6 atom stereocenters. The lowest BCUT2D eigenvalue weighted by atomic mass is 9.80. The van der Waals surface area contributed by atoms with Crippen LogP contribution in [0.15, 0.2) is 276 Å². The quantitative estimate of drug-likeness (QED) is 0.0175. The smallest absolute Gasteiger partial charge is 0.421 e. The van der Waals surface area contributed by atoms with Crippen LogP contribution in [0.4, 0.5) is 91.9 Å². The number of aliphatic imine (C=N–C) groups is 1. The fraction of sp³-hybridized carbons (Fsp3) is 0.204. The third-order valence-electron chi connectivity index (χ3n) is 19.0. The number of isocyanates is 1. The largest absolute Gasteiger partial charge is 0.465 e. The number of nitrogens with zero attached hydrogens (tertiary/aromatic N) is 7. The lowest BCUT2D eigenvalue weighted by Crippen LogP contribution is -2.66. The Balaban J connectivity index is 0.000000215. The topological polar surface area (TPSA) is 245 Å². The van der Waals surface area contributed by atoms with Gasteiger partial charge in [0.05, 0.1) is 30.3 Å². The van der Waals surface area contributed by atoms with E-state index in [1.807, 2.05) is 24.3 Å². The third-order valence-corrected chi connectivity index (χ3v) is 22.2. The summed E-state index contributed by atoms with van der Waals surface area (Å²) in [5.41, 5.74) is 1.45. The molecule has 3 aliphatic rings. The minimum absolute atomic E-state index is 0.00339. The number of esters is 2. The zero-order chi connectivity index (χ0) is 96.5. The highest BCUT2D eigenvalue weighted by atomic mass is 79.9. The zero-order valence-corrected chi connectivity index (χ0v) is 80.2. The molecule has 37 heteroatoms. The number of aryl methyl sites for hydroxylation is 2. The van der Waals surface area contributed by atoms with Gasteiger partial charge in [-0.2, -0.15) is 31.3 Å². The molecule has 4 N–H and O–H groups in total. The summed E-state index contributed by atoms with van der Waals surface area (Å²) in [5.74, 6) is -2.13. The van der Waals surface area contributed by atoms with E-state index in [4.69, 9.17) is 115 Å². The van der Waals surface area contributed by atoms with Crippen LogP contribution in [0, 0.1) is 13.8 Å². The number of anilines is 8. The van der Waals surface area contributed by atoms with Gasteiger partial charge in [-0.3, -0.25) is 34.0 Å². The van der Waals surface area contributed by atoms with Gasteiger partial charge in [-0.1, -0.05) is 184 Å². The van der Waals surface area contributed by atoms with E-state index in [0.717, 1.165) is 37.6 Å². The van der Waals surface area contributed by atoms with Gasteiger partial charge in [0.1, 0.15) is 16.9 Å². The number of urea groups is 3. The Kier molecular flexibility index (Phi) is 39.5. The summed E-state index contributed by atoms with van der Waals surface area (Å²) in [6.07, 6.45) is -8.60. The van der Waals surface area contributed by atoms with Crippen LogP contribution >= 0.6 is 136 Å². The van der Waals surface area contributed by atoms with E-state index in [1.54, 1.807) is 157 Å². The van der Waals surface area contributed by atoms with Crippen LogP contribution < -0.4 is 40.4 Å². The molecule has 14 rings (SSSR count). The number of rotatable bonds is 14. The second kappa shape index (κ2) is 48.1. The third kappa shape index (κ3) is 27.4. The molecule has 0 spiro atoms. The van der Waals surface area contributed by atoms with E-state index >= 15 is 0 Å². The van der Waals surface area contributed by atoms with Gasteiger partial charge in [0.2, 0.25) is 17.3 Å². The number of imide groups is 2. The molecule has 0 aliphatic carbocycles. The molecule has 3 saturated heterocycles. The van der Waals surface area contributed by atoms with Crippen molar-refractivity contribution in [1.29, 1.82) is 0 Å². The standard InChI is InChI=1S/C24H19Cl2F3N2O2.C17H11Cl2F3N2O2.C16H12Cl2N2O2.C11H14ClNO2.C7H7Br.C7H4ClNO.C6H6ClN.C5H9BrO2/c1-15-4-3-5-16(14-15)23(33)22(2,24(27,28)29)30(19-10-6-17(25)7-11-19)21(32)31(23)20-12-8-18(26)9-13-20;1-16(17(20,21)22)14(25)23(12-6-2-10(18)3-7-12)15(26)24(16)13-8-4-11(19)5-9-13;1-10-15(21)20(14-8-4-12(18)5-9-14)16(22)19(10)13-6-2-11(17)3-7-13;1-3-15-11(14)8(2)13-10-6-4-9(12)5-7-10;1-6-3-2-4-7(8)5-6;8-6-1-3-7(4-2-6)9-5-10;7-5-1-3-6(8)4-2-5;1-3-8-5(7)4(2)6/h3-14,33H,1-2H3;2-9H,1H3;2-10H,1H3;4-8,13H,3H2,1-2H3;2-5H,1H3;1-4H;1-4H,8H2;4H,3H2,1-2H3. The number of ether oxygens (including phenoxy) is 2. The predicted octanol–water partition coefficient (Wildman–Crippen LogP) is 27.6. The summed E-state index contributed by atoms with van der Waals surface area (Å²) in [5, 5.41) is 19.5. The van der Waals surface area contributed by atoms with Gasteiger partial charge in [0.25, 0.3) is 11.8 Å². The molecule has 0 bridgehead atoms. The Morgan fingerprint density at radius 2 is 0.854 bits per heavy atom. The number of nitrogens with two attached hydrogens (primary N) is 1. The first-order valence-electron chi connectivity index (χ1n) is 38.7. The Morgan fingerprint density at radius 3 is 1.22 bits per heavy atom. The van der Waals surface area contributed by atoms with Crippen molar-refractivity contribution < 1.29 is 79.3 Å². The van der Waals surface area contributed by atoms with E-state index in [0.29, 0.717) is 92.6 Å². The lowest BCUT2D eigenvalue weighted by molar-refractivity contribution is -0.227. The van der Waals surface area contributed by atoms with Crippen molar-refractivity contribution in [2.24, 2.45) is 4.99 Å². The predicted molar refractivity (Wildman–Crippen MR) is 513 cm³/mol. The maximum Gasteiger partial charge on any atom is 0.421 e. The first-order valence-corrected chi connectivity index (χ1v) is 43.8. The second-order valence-corrected chi connectivity index (χ2v) is 34.5. The molecule has 684 valence electrons. The highest BCUT2D eigenvalue weighted by molar-refractivity contribution is 9.10. The minimum atomic E-state index is -5.04. The summed E-state index contributed by atoms with van der Waals surface area (Å²) in [6, 6.07) is 66.6. The molecule has 130 heavy (non-hydrogen) atoms. The fourth-order valence-corrected chi connectivity index (χ4v) is 14.2. The summed E-state index contributed by atoms with van der Waals surface area (Å²) >= 11 is 58.4. The Hall–Kier alpha value is -10.4. The number of hydrogen-bond donors (Lipinski definition) is 3. The molecule has 0 aromatic heterocycles. The van der Waals surface area contributed by atoms with Gasteiger partial charge in [0, 0.05) is 89.4 Å². The summed E-state index contributed by atoms with van der Waals surface area (Å²) < 4.78 is 97.0. The van der Waals surface area contributed by atoms with E-state index < -0.39 is 53.2 Å².